The van der Waals surface area contributed by atoms with Gasteiger partial charge < -0.3 is 9.47 Å². The molecule has 0 radical (unpaired) electrons. The van der Waals surface area contributed by atoms with Crippen molar-refractivity contribution in [1.29, 1.82) is 0 Å². The highest BCUT2D eigenvalue weighted by Crippen LogP contribution is 2.18. The molecule has 0 aliphatic heterocycles. The van der Waals surface area contributed by atoms with Crippen LogP contribution in [0.3, 0.4) is 0 Å². The van der Waals surface area contributed by atoms with Crippen molar-refractivity contribution in [3.63, 3.8) is 0 Å². The van der Waals surface area contributed by atoms with Crippen LogP contribution in [0.2, 0.25) is 0 Å². The molecular formula is C21H26N2O4. The number of benzene rings is 2. The third-order valence-electron chi connectivity index (χ3n) is 3.93. The topological polar surface area (TPSA) is 76.7 Å². The first-order valence-corrected chi connectivity index (χ1v) is 8.87. The smallest absolute Gasteiger partial charge is 0.279 e. The summed E-state index contributed by atoms with van der Waals surface area (Å²) in [5, 5.41) is 0. The van der Waals surface area contributed by atoms with Crippen molar-refractivity contribution in [1.82, 2.24) is 10.9 Å². The molecule has 6 nitrogen and oxygen atoms in total. The quantitative estimate of drug-likeness (QED) is 0.765. The van der Waals surface area contributed by atoms with E-state index >= 15 is 0 Å². The summed E-state index contributed by atoms with van der Waals surface area (Å²) in [6.07, 6.45) is -0.755. The van der Waals surface area contributed by atoms with Crippen molar-refractivity contribution in [2.45, 2.75) is 46.8 Å². The molecule has 2 aromatic rings. The average molecular weight is 370 g/mol. The minimum atomic E-state index is -0.761. The van der Waals surface area contributed by atoms with Crippen LogP contribution >= 0.6 is 0 Å². The lowest BCUT2D eigenvalue weighted by molar-refractivity contribution is -0.128. The molecule has 0 aromatic heterocycles. The fraction of sp³-hybridized carbons (Fsp3) is 0.333. The van der Waals surface area contributed by atoms with Gasteiger partial charge in [-0.15, -0.1) is 0 Å². The van der Waals surface area contributed by atoms with E-state index in [9.17, 15) is 9.59 Å². The second-order valence-electron chi connectivity index (χ2n) is 6.64. The number of hydrogen-bond donors (Lipinski definition) is 2. The summed E-state index contributed by atoms with van der Waals surface area (Å²) in [5.74, 6) is 0.313. The van der Waals surface area contributed by atoms with Crippen LogP contribution in [0.25, 0.3) is 0 Å². The molecule has 0 saturated heterocycles. The summed E-state index contributed by atoms with van der Waals surface area (Å²) in [7, 11) is 0. The van der Waals surface area contributed by atoms with E-state index in [4.69, 9.17) is 9.47 Å². The van der Waals surface area contributed by atoms with Crippen LogP contribution in [0.1, 0.15) is 42.3 Å². The van der Waals surface area contributed by atoms with E-state index in [1.807, 2.05) is 45.9 Å². The Hall–Kier alpha value is -3.02. The fourth-order valence-corrected chi connectivity index (χ4v) is 2.32. The largest absolute Gasteiger partial charge is 0.491 e. The minimum Gasteiger partial charge on any atom is -0.491 e. The number of carbonyl (C=O) groups is 2. The molecule has 0 fully saturated rings. The van der Waals surface area contributed by atoms with Gasteiger partial charge in [0.05, 0.1) is 6.10 Å². The second-order valence-corrected chi connectivity index (χ2v) is 6.64. The lowest BCUT2D eigenvalue weighted by Gasteiger charge is -2.16. The van der Waals surface area contributed by atoms with Gasteiger partial charge in [-0.3, -0.25) is 20.4 Å². The number of ether oxygens (including phenoxy) is 2. The molecule has 1 atom stereocenters. The summed E-state index contributed by atoms with van der Waals surface area (Å²) in [6.45, 7) is 9.41. The molecule has 0 aliphatic carbocycles. The van der Waals surface area contributed by atoms with Gasteiger partial charge in [0.2, 0.25) is 0 Å². The van der Waals surface area contributed by atoms with E-state index in [0.29, 0.717) is 17.1 Å². The number of nitrogens with one attached hydrogen (secondary N) is 2. The monoisotopic (exact) mass is 370 g/mol. The maximum Gasteiger partial charge on any atom is 0.279 e. The summed E-state index contributed by atoms with van der Waals surface area (Å²) >= 11 is 0. The van der Waals surface area contributed by atoms with Crippen LogP contribution < -0.4 is 20.3 Å². The Morgan fingerprint density at radius 1 is 0.852 bits per heavy atom. The molecule has 0 saturated carbocycles. The molecule has 1 unspecified atom stereocenters. The van der Waals surface area contributed by atoms with E-state index in [1.54, 1.807) is 31.2 Å². The minimum absolute atomic E-state index is 0.00595. The molecule has 6 heteroatoms. The fourth-order valence-electron chi connectivity index (χ4n) is 2.32. The lowest BCUT2D eigenvalue weighted by Crippen LogP contribution is -2.47. The van der Waals surface area contributed by atoms with Crippen LogP contribution in [0.15, 0.2) is 42.5 Å². The van der Waals surface area contributed by atoms with Gasteiger partial charge in [0.15, 0.2) is 6.10 Å². The Morgan fingerprint density at radius 3 is 2.22 bits per heavy atom. The second kappa shape index (κ2) is 9.07. The zero-order valence-electron chi connectivity index (χ0n) is 16.3. The van der Waals surface area contributed by atoms with Gasteiger partial charge in [-0.25, -0.2) is 0 Å². The van der Waals surface area contributed by atoms with Gasteiger partial charge in [0.25, 0.3) is 11.8 Å². The molecule has 0 aliphatic rings. The van der Waals surface area contributed by atoms with E-state index in [2.05, 4.69) is 10.9 Å². The van der Waals surface area contributed by atoms with Crippen molar-refractivity contribution in [2.75, 3.05) is 0 Å². The summed E-state index contributed by atoms with van der Waals surface area (Å²) < 4.78 is 11.2. The Morgan fingerprint density at radius 2 is 1.56 bits per heavy atom. The SMILES string of the molecule is Cc1ccc(OC(C)C(=O)NNC(=O)c2cccc(OC(C)C)c2)cc1C. The van der Waals surface area contributed by atoms with Gasteiger partial charge in [0.1, 0.15) is 11.5 Å². The van der Waals surface area contributed by atoms with Gasteiger partial charge >= 0.3 is 0 Å². The van der Waals surface area contributed by atoms with E-state index in [-0.39, 0.29) is 6.10 Å². The predicted molar refractivity (Wildman–Crippen MR) is 104 cm³/mol. The maximum absolute atomic E-state index is 12.2. The number of hydrazine groups is 1. The molecular weight excluding hydrogens is 344 g/mol. The molecule has 0 spiro atoms. The number of aryl methyl sites for hydroxylation is 2. The first kappa shape index (κ1) is 20.3. The van der Waals surface area contributed by atoms with Crippen LogP contribution in [0.5, 0.6) is 11.5 Å². The standard InChI is InChI=1S/C21H26N2O4/c1-13(2)26-18-8-6-7-17(12-18)21(25)23-22-20(24)16(5)27-19-10-9-14(3)15(4)11-19/h6-13,16H,1-5H3,(H,22,24)(H,23,25). The highest BCUT2D eigenvalue weighted by molar-refractivity contribution is 5.96. The Balaban J connectivity index is 1.90. The van der Waals surface area contributed by atoms with Crippen molar-refractivity contribution in [3.8, 4) is 11.5 Å². The number of hydrogen-bond acceptors (Lipinski definition) is 4. The third kappa shape index (κ3) is 6.02. The van der Waals surface area contributed by atoms with Gasteiger partial charge in [-0.1, -0.05) is 12.1 Å². The first-order valence-electron chi connectivity index (χ1n) is 8.87. The number of amides is 2. The number of rotatable bonds is 6. The third-order valence-corrected chi connectivity index (χ3v) is 3.93. The molecule has 2 rings (SSSR count). The normalized spacial score (nSPS) is 11.6. The Kier molecular flexibility index (Phi) is 6.82. The van der Waals surface area contributed by atoms with E-state index in [1.165, 1.54) is 0 Å². The summed E-state index contributed by atoms with van der Waals surface area (Å²) in [5.41, 5.74) is 7.39. The first-order chi connectivity index (χ1) is 12.8. The molecule has 144 valence electrons. The van der Waals surface area contributed by atoms with Crippen molar-refractivity contribution < 1.29 is 19.1 Å². The average Bonchev–Trinajstić information content (AvgIpc) is 2.62. The predicted octanol–water partition coefficient (Wildman–Crippen LogP) is 3.32. The Labute approximate surface area is 159 Å². The van der Waals surface area contributed by atoms with Crippen LogP contribution in [0.4, 0.5) is 0 Å². The zero-order valence-corrected chi connectivity index (χ0v) is 16.3. The zero-order chi connectivity index (χ0) is 20.0. The van der Waals surface area contributed by atoms with Gasteiger partial charge in [-0.2, -0.15) is 0 Å². The molecule has 2 N–H and O–H groups in total. The van der Waals surface area contributed by atoms with Crippen molar-refractivity contribution in [2.24, 2.45) is 0 Å². The molecule has 2 amide bonds. The van der Waals surface area contributed by atoms with E-state index < -0.39 is 17.9 Å². The molecule has 27 heavy (non-hydrogen) atoms. The van der Waals surface area contributed by atoms with Crippen molar-refractivity contribution in [3.05, 3.63) is 59.2 Å². The highest BCUT2D eigenvalue weighted by Gasteiger charge is 2.16. The lowest BCUT2D eigenvalue weighted by atomic mass is 10.1. The molecule has 0 heterocycles. The van der Waals surface area contributed by atoms with Gasteiger partial charge in [-0.05, 0) is 76.1 Å². The van der Waals surface area contributed by atoms with E-state index in [0.717, 1.165) is 11.1 Å². The maximum atomic E-state index is 12.2. The molecule has 2 aromatic carbocycles. The van der Waals surface area contributed by atoms with Crippen LogP contribution in [0, 0.1) is 13.8 Å². The van der Waals surface area contributed by atoms with Crippen molar-refractivity contribution >= 4 is 11.8 Å². The van der Waals surface area contributed by atoms with Crippen LogP contribution in [-0.2, 0) is 4.79 Å². The molecule has 0 bridgehead atoms. The summed E-state index contributed by atoms with van der Waals surface area (Å²) in [6, 6.07) is 12.4. The highest BCUT2D eigenvalue weighted by atomic mass is 16.5. The Bertz CT molecular complexity index is 818. The van der Waals surface area contributed by atoms with Crippen LogP contribution in [-0.4, -0.2) is 24.0 Å². The summed E-state index contributed by atoms with van der Waals surface area (Å²) in [4.78, 5) is 24.4. The number of carbonyl (C=O) groups excluding carboxylic acids is 2. The van der Waals surface area contributed by atoms with Gasteiger partial charge in [0, 0.05) is 5.56 Å².